The summed E-state index contributed by atoms with van der Waals surface area (Å²) in [4.78, 5) is 14.6. The summed E-state index contributed by atoms with van der Waals surface area (Å²) in [5, 5.41) is 2.96. The van der Waals surface area contributed by atoms with Crippen molar-refractivity contribution in [2.75, 3.05) is 26.2 Å². The number of benzene rings is 1. The molecular weight excluding hydrogens is 362 g/mol. The van der Waals surface area contributed by atoms with Gasteiger partial charge in [0.1, 0.15) is 0 Å². The Balaban J connectivity index is 1.29. The van der Waals surface area contributed by atoms with Crippen molar-refractivity contribution in [3.63, 3.8) is 0 Å². The van der Waals surface area contributed by atoms with Crippen LogP contribution in [0.25, 0.3) is 5.57 Å². The Hall–Kier alpha value is -1.86. The Morgan fingerprint density at radius 2 is 1.70 bits per heavy atom. The number of amides is 2. The fourth-order valence-electron chi connectivity index (χ4n) is 3.88. The first-order valence-electron chi connectivity index (χ1n) is 9.83. The number of carbonyl (C=O) groups is 1. The largest absolute Gasteiger partial charge is 0.335 e. The second-order valence-electron chi connectivity index (χ2n) is 7.67. The van der Waals surface area contributed by atoms with E-state index >= 15 is 0 Å². The van der Waals surface area contributed by atoms with E-state index in [1.54, 1.807) is 4.31 Å². The van der Waals surface area contributed by atoms with Gasteiger partial charge in [0, 0.05) is 32.2 Å². The number of sulfonamides is 1. The van der Waals surface area contributed by atoms with E-state index in [2.05, 4.69) is 23.5 Å². The summed E-state index contributed by atoms with van der Waals surface area (Å²) < 4.78 is 26.3. The van der Waals surface area contributed by atoms with Crippen molar-refractivity contribution in [1.29, 1.82) is 0 Å². The zero-order chi connectivity index (χ0) is 18.9. The van der Waals surface area contributed by atoms with Crippen molar-refractivity contribution in [3.8, 4) is 0 Å². The second kappa shape index (κ2) is 7.64. The van der Waals surface area contributed by atoms with Gasteiger partial charge in [-0.2, -0.15) is 0 Å². The van der Waals surface area contributed by atoms with Crippen LogP contribution in [0.2, 0.25) is 0 Å². The molecule has 27 heavy (non-hydrogen) atoms. The lowest BCUT2D eigenvalue weighted by atomic mass is 10.0. The molecule has 0 atom stereocenters. The SMILES string of the molecule is O=C(NC1CCN(S(=O)(=O)C2CC2)CC1)N1CCC=C(c2ccccc2)C1. The second-order valence-corrected chi connectivity index (χ2v) is 9.89. The molecule has 2 heterocycles. The van der Waals surface area contributed by atoms with Gasteiger partial charge in [0.25, 0.3) is 0 Å². The molecule has 1 saturated heterocycles. The van der Waals surface area contributed by atoms with Crippen LogP contribution < -0.4 is 5.32 Å². The molecule has 0 unspecified atom stereocenters. The van der Waals surface area contributed by atoms with Gasteiger partial charge in [0.15, 0.2) is 0 Å². The number of piperidine rings is 1. The lowest BCUT2D eigenvalue weighted by Gasteiger charge is -2.34. The van der Waals surface area contributed by atoms with Crippen LogP contribution in [0.5, 0.6) is 0 Å². The van der Waals surface area contributed by atoms with Crippen LogP contribution in [0, 0.1) is 0 Å². The molecule has 0 spiro atoms. The van der Waals surface area contributed by atoms with Gasteiger partial charge >= 0.3 is 6.03 Å². The van der Waals surface area contributed by atoms with Gasteiger partial charge in [0.2, 0.25) is 10.0 Å². The summed E-state index contributed by atoms with van der Waals surface area (Å²) >= 11 is 0. The zero-order valence-electron chi connectivity index (χ0n) is 15.5. The van der Waals surface area contributed by atoms with Crippen LogP contribution >= 0.6 is 0 Å². The maximum absolute atomic E-state index is 12.7. The Morgan fingerprint density at radius 1 is 1.00 bits per heavy atom. The van der Waals surface area contributed by atoms with Gasteiger partial charge in [0.05, 0.1) is 5.25 Å². The van der Waals surface area contributed by atoms with Crippen LogP contribution in [0.15, 0.2) is 36.4 Å². The number of urea groups is 1. The van der Waals surface area contributed by atoms with Crippen LogP contribution in [0.4, 0.5) is 4.79 Å². The average molecular weight is 390 g/mol. The molecule has 0 aromatic heterocycles. The summed E-state index contributed by atoms with van der Waals surface area (Å²) in [5.41, 5.74) is 2.34. The molecule has 6 nitrogen and oxygen atoms in total. The Labute approximate surface area is 161 Å². The standard InChI is InChI=1S/C20H27N3O3S/c24-20(22-12-4-7-17(15-22)16-5-2-1-3-6-16)21-18-10-13-23(14-11-18)27(25,26)19-8-9-19/h1-3,5-7,18-19H,4,8-15H2,(H,21,24). The molecule has 2 amide bonds. The highest BCUT2D eigenvalue weighted by Gasteiger charge is 2.41. The molecule has 2 fully saturated rings. The van der Waals surface area contributed by atoms with Crippen molar-refractivity contribution in [2.45, 2.75) is 43.4 Å². The van der Waals surface area contributed by atoms with E-state index in [-0.39, 0.29) is 17.3 Å². The first kappa shape index (κ1) is 18.5. The molecule has 4 rings (SSSR count). The number of hydrogen-bond acceptors (Lipinski definition) is 3. The summed E-state index contributed by atoms with van der Waals surface area (Å²) in [5.74, 6) is 0. The average Bonchev–Trinajstić information content (AvgIpc) is 3.55. The molecular formula is C20H27N3O3S. The molecule has 7 heteroatoms. The normalized spacial score (nSPS) is 22.4. The van der Waals surface area contributed by atoms with E-state index in [0.29, 0.717) is 32.5 Å². The first-order chi connectivity index (χ1) is 13.0. The van der Waals surface area contributed by atoms with E-state index in [1.165, 1.54) is 5.57 Å². The first-order valence-corrected chi connectivity index (χ1v) is 11.3. The summed E-state index contributed by atoms with van der Waals surface area (Å²) in [6, 6.07) is 10.2. The van der Waals surface area contributed by atoms with E-state index < -0.39 is 10.0 Å². The van der Waals surface area contributed by atoms with Crippen LogP contribution in [0.3, 0.4) is 0 Å². The molecule has 0 radical (unpaired) electrons. The van der Waals surface area contributed by atoms with Crippen molar-refractivity contribution < 1.29 is 13.2 Å². The minimum Gasteiger partial charge on any atom is -0.335 e. The third kappa shape index (κ3) is 4.19. The van der Waals surface area contributed by atoms with Crippen molar-refractivity contribution in [2.24, 2.45) is 0 Å². The zero-order valence-corrected chi connectivity index (χ0v) is 16.3. The molecule has 0 bridgehead atoms. The maximum atomic E-state index is 12.7. The molecule has 2 aliphatic heterocycles. The molecule has 1 aliphatic carbocycles. The Morgan fingerprint density at radius 3 is 2.37 bits per heavy atom. The highest BCUT2D eigenvalue weighted by molar-refractivity contribution is 7.90. The minimum atomic E-state index is -3.10. The summed E-state index contributed by atoms with van der Waals surface area (Å²) in [7, 11) is -3.10. The molecule has 1 N–H and O–H groups in total. The molecule has 3 aliphatic rings. The third-order valence-electron chi connectivity index (χ3n) is 5.67. The molecule has 146 valence electrons. The van der Waals surface area contributed by atoms with Crippen LogP contribution in [0.1, 0.15) is 37.7 Å². The van der Waals surface area contributed by atoms with E-state index in [0.717, 1.165) is 31.4 Å². The third-order valence-corrected chi connectivity index (χ3v) is 8.07. The van der Waals surface area contributed by atoms with Crippen molar-refractivity contribution >= 4 is 21.6 Å². The topological polar surface area (TPSA) is 69.7 Å². The monoisotopic (exact) mass is 389 g/mol. The van der Waals surface area contributed by atoms with Crippen molar-refractivity contribution in [1.82, 2.24) is 14.5 Å². The fraction of sp³-hybridized carbons (Fsp3) is 0.550. The van der Waals surface area contributed by atoms with Crippen LogP contribution in [-0.2, 0) is 10.0 Å². The Bertz CT molecular complexity index is 810. The van der Waals surface area contributed by atoms with Gasteiger partial charge in [-0.25, -0.2) is 17.5 Å². The number of carbonyl (C=O) groups excluding carboxylic acids is 1. The molecule has 1 saturated carbocycles. The predicted molar refractivity (Wildman–Crippen MR) is 106 cm³/mol. The lowest BCUT2D eigenvalue weighted by Crippen LogP contribution is -2.51. The maximum Gasteiger partial charge on any atom is 0.317 e. The summed E-state index contributed by atoms with van der Waals surface area (Å²) in [6.45, 7) is 2.36. The highest BCUT2D eigenvalue weighted by atomic mass is 32.2. The van der Waals surface area contributed by atoms with Crippen molar-refractivity contribution in [3.05, 3.63) is 42.0 Å². The predicted octanol–water partition coefficient (Wildman–Crippen LogP) is 2.44. The fourth-order valence-corrected chi connectivity index (χ4v) is 5.75. The van der Waals surface area contributed by atoms with E-state index in [9.17, 15) is 13.2 Å². The molecule has 1 aromatic carbocycles. The van der Waals surface area contributed by atoms with Gasteiger partial charge in [-0.15, -0.1) is 0 Å². The number of nitrogens with zero attached hydrogens (tertiary/aromatic N) is 2. The van der Waals surface area contributed by atoms with Gasteiger partial charge in [-0.3, -0.25) is 0 Å². The van der Waals surface area contributed by atoms with Gasteiger partial charge < -0.3 is 10.2 Å². The van der Waals surface area contributed by atoms with E-state index in [1.807, 2.05) is 23.1 Å². The molecule has 1 aromatic rings. The lowest BCUT2D eigenvalue weighted by molar-refractivity contribution is 0.192. The number of nitrogens with one attached hydrogen (secondary N) is 1. The van der Waals surface area contributed by atoms with Gasteiger partial charge in [-0.1, -0.05) is 36.4 Å². The van der Waals surface area contributed by atoms with Crippen LogP contribution in [-0.4, -0.2) is 61.1 Å². The van der Waals surface area contributed by atoms with E-state index in [4.69, 9.17) is 0 Å². The number of hydrogen-bond donors (Lipinski definition) is 1. The quantitative estimate of drug-likeness (QED) is 0.860. The Kier molecular flexibility index (Phi) is 5.23. The number of rotatable bonds is 4. The smallest absolute Gasteiger partial charge is 0.317 e. The summed E-state index contributed by atoms with van der Waals surface area (Å²) in [6.07, 6.45) is 6.03. The van der Waals surface area contributed by atoms with Gasteiger partial charge in [-0.05, 0) is 43.2 Å². The highest BCUT2D eigenvalue weighted by Crippen LogP contribution is 2.32. The minimum absolute atomic E-state index is 0.0416.